The summed E-state index contributed by atoms with van der Waals surface area (Å²) in [5.41, 5.74) is 2.99. The van der Waals surface area contributed by atoms with Crippen molar-refractivity contribution in [3.8, 4) is 0 Å². The minimum Gasteiger partial charge on any atom is -0.354 e. The molecule has 0 spiro atoms. The predicted molar refractivity (Wildman–Crippen MR) is 110 cm³/mol. The number of aromatic amines is 1. The Balaban J connectivity index is 0.00000300. The maximum absolute atomic E-state index is 13.7. The van der Waals surface area contributed by atoms with Crippen molar-refractivity contribution in [2.24, 2.45) is 0 Å². The number of carbonyl (C=O) groups is 2. The molecule has 1 saturated heterocycles. The molecule has 1 aromatic heterocycles. The molecule has 0 aliphatic carbocycles. The third-order valence-electron chi connectivity index (χ3n) is 5.39. The van der Waals surface area contributed by atoms with E-state index >= 15 is 0 Å². The van der Waals surface area contributed by atoms with Crippen molar-refractivity contribution in [1.82, 2.24) is 15.6 Å². The summed E-state index contributed by atoms with van der Waals surface area (Å²) in [4.78, 5) is 27.9. The van der Waals surface area contributed by atoms with E-state index in [1.165, 1.54) is 13.0 Å². The third kappa shape index (κ3) is 4.67. The van der Waals surface area contributed by atoms with E-state index in [0.29, 0.717) is 47.5 Å². The number of H-pyrrole nitrogens is 1. The lowest BCUT2D eigenvalue weighted by Crippen LogP contribution is -2.50. The van der Waals surface area contributed by atoms with Gasteiger partial charge >= 0.3 is 0 Å². The van der Waals surface area contributed by atoms with Crippen LogP contribution in [0.25, 0.3) is 0 Å². The third-order valence-corrected chi connectivity index (χ3v) is 5.39. The summed E-state index contributed by atoms with van der Waals surface area (Å²) in [6.07, 6.45) is 1.25. The van der Waals surface area contributed by atoms with Crippen LogP contribution in [0.15, 0.2) is 18.2 Å². The second-order valence-electron chi connectivity index (χ2n) is 7.24. The molecule has 1 aliphatic heterocycles. The summed E-state index contributed by atoms with van der Waals surface area (Å²) >= 11 is 0. The molecular weight excluding hydrogens is 400 g/mol. The van der Waals surface area contributed by atoms with Crippen molar-refractivity contribution in [2.75, 3.05) is 13.1 Å². The van der Waals surface area contributed by atoms with Gasteiger partial charge in [-0.05, 0) is 56.5 Å². The molecule has 1 aromatic carbocycles. The number of aromatic nitrogens is 1. The van der Waals surface area contributed by atoms with Crippen LogP contribution < -0.4 is 10.6 Å². The van der Waals surface area contributed by atoms with Gasteiger partial charge < -0.3 is 15.6 Å². The highest BCUT2D eigenvalue weighted by atomic mass is 35.5. The predicted octanol–water partition coefficient (Wildman–Crippen LogP) is 3.66. The number of benzene rings is 1. The molecule has 2 aromatic rings. The number of aryl methyl sites for hydroxylation is 1. The summed E-state index contributed by atoms with van der Waals surface area (Å²) in [5, 5.41) is 6.25. The second-order valence-corrected chi connectivity index (χ2v) is 7.24. The molecule has 0 radical (unpaired) electrons. The lowest BCUT2D eigenvalue weighted by molar-refractivity contribution is 0.0918. The van der Waals surface area contributed by atoms with Gasteiger partial charge in [0, 0.05) is 29.8 Å². The topological polar surface area (TPSA) is 74.0 Å². The number of Topliss-reactive ketones (excluding diaryl/α,β-unsaturated/α-hetero) is 1. The lowest BCUT2D eigenvalue weighted by atomic mass is 9.86. The average molecular weight is 426 g/mol. The van der Waals surface area contributed by atoms with E-state index in [9.17, 15) is 18.4 Å². The van der Waals surface area contributed by atoms with Crippen molar-refractivity contribution in [2.45, 2.75) is 45.6 Å². The summed E-state index contributed by atoms with van der Waals surface area (Å²) in [7, 11) is 0. The van der Waals surface area contributed by atoms with Gasteiger partial charge in [0.25, 0.3) is 5.91 Å². The van der Waals surface area contributed by atoms with Gasteiger partial charge in [-0.25, -0.2) is 8.78 Å². The van der Waals surface area contributed by atoms with Crippen LogP contribution in [0.5, 0.6) is 0 Å². The Labute approximate surface area is 175 Å². The van der Waals surface area contributed by atoms with Gasteiger partial charge in [0.1, 0.15) is 5.69 Å². The van der Waals surface area contributed by atoms with E-state index in [2.05, 4.69) is 15.6 Å². The fourth-order valence-corrected chi connectivity index (χ4v) is 4.09. The van der Waals surface area contributed by atoms with Crippen molar-refractivity contribution in [3.63, 3.8) is 0 Å². The van der Waals surface area contributed by atoms with Gasteiger partial charge in [-0.15, -0.1) is 12.4 Å². The Bertz CT molecular complexity index is 914. The summed E-state index contributed by atoms with van der Waals surface area (Å²) in [5.74, 6) is -2.28. The number of rotatable bonds is 5. The van der Waals surface area contributed by atoms with Crippen LogP contribution >= 0.6 is 12.4 Å². The van der Waals surface area contributed by atoms with Gasteiger partial charge in [-0.3, -0.25) is 9.59 Å². The molecule has 0 bridgehead atoms. The van der Waals surface area contributed by atoms with E-state index in [4.69, 9.17) is 0 Å². The molecule has 1 aliphatic rings. The Morgan fingerprint density at radius 1 is 1.24 bits per heavy atom. The zero-order chi connectivity index (χ0) is 20.4. The zero-order valence-electron chi connectivity index (χ0n) is 16.7. The van der Waals surface area contributed by atoms with Crippen molar-refractivity contribution in [1.29, 1.82) is 0 Å². The van der Waals surface area contributed by atoms with Crippen molar-refractivity contribution >= 4 is 24.1 Å². The number of hydrogen-bond donors (Lipinski definition) is 3. The largest absolute Gasteiger partial charge is 0.354 e. The normalized spacial score (nSPS) is 18.8. The number of ketones is 1. The number of halogens is 3. The smallest absolute Gasteiger partial charge is 0.268 e. The molecule has 0 saturated carbocycles. The van der Waals surface area contributed by atoms with E-state index in [1.807, 2.05) is 6.92 Å². The first-order valence-corrected chi connectivity index (χ1v) is 9.52. The molecular formula is C21H26ClF2N3O2. The first-order chi connectivity index (χ1) is 13.3. The highest BCUT2D eigenvalue weighted by Crippen LogP contribution is 2.28. The van der Waals surface area contributed by atoms with Crippen LogP contribution in [0.2, 0.25) is 0 Å². The highest BCUT2D eigenvalue weighted by Gasteiger charge is 2.30. The van der Waals surface area contributed by atoms with E-state index < -0.39 is 11.6 Å². The second kappa shape index (κ2) is 9.50. The fraction of sp³-hybridized carbons (Fsp3) is 0.429. The molecule has 2 unspecified atom stereocenters. The first-order valence-electron chi connectivity index (χ1n) is 9.52. The Morgan fingerprint density at radius 2 is 1.97 bits per heavy atom. The summed E-state index contributed by atoms with van der Waals surface area (Å²) < 4.78 is 27.0. The van der Waals surface area contributed by atoms with Gasteiger partial charge in [-0.2, -0.15) is 0 Å². The van der Waals surface area contributed by atoms with Crippen LogP contribution in [0, 0.1) is 18.6 Å². The van der Waals surface area contributed by atoms with Crippen molar-refractivity contribution in [3.05, 3.63) is 57.9 Å². The molecule has 1 fully saturated rings. The zero-order valence-corrected chi connectivity index (χ0v) is 17.5. The minimum atomic E-state index is -0.888. The van der Waals surface area contributed by atoms with Crippen LogP contribution in [-0.4, -0.2) is 35.8 Å². The molecule has 3 rings (SSSR count). The monoisotopic (exact) mass is 425 g/mol. The van der Waals surface area contributed by atoms with Gasteiger partial charge in [0.2, 0.25) is 0 Å². The average Bonchev–Trinajstić information content (AvgIpc) is 3.01. The quantitative estimate of drug-likeness (QED) is 0.640. The lowest BCUT2D eigenvalue weighted by Gasteiger charge is -2.33. The summed E-state index contributed by atoms with van der Waals surface area (Å²) in [6, 6.07) is 3.61. The van der Waals surface area contributed by atoms with E-state index in [-0.39, 0.29) is 36.1 Å². The standard InChI is InChI=1S/C21H25F2N3O2.ClH/c1-4-14-19(12(3)27)11(2)25-20(14)21(28)26-18-10-24-8-7-15(18)13-5-6-16(22)17(23)9-13;/h5-6,9,15,18,24-25H,4,7-8,10H2,1-3H3,(H,26,28);1H. The van der Waals surface area contributed by atoms with Crippen LogP contribution in [0.1, 0.15) is 63.9 Å². The van der Waals surface area contributed by atoms with E-state index in [1.54, 1.807) is 13.0 Å². The Kier molecular flexibility index (Phi) is 7.54. The van der Waals surface area contributed by atoms with Crippen LogP contribution in [0.4, 0.5) is 8.78 Å². The highest BCUT2D eigenvalue weighted by molar-refractivity contribution is 6.02. The molecule has 29 heavy (non-hydrogen) atoms. The fourth-order valence-electron chi connectivity index (χ4n) is 4.09. The first kappa shape index (κ1) is 23.0. The minimum absolute atomic E-state index is 0. The summed E-state index contributed by atoms with van der Waals surface area (Å²) in [6.45, 7) is 6.42. The number of nitrogens with one attached hydrogen (secondary N) is 3. The number of hydrogen-bond acceptors (Lipinski definition) is 3. The number of piperidine rings is 1. The SMILES string of the molecule is CCc1c(C(=O)NC2CNCCC2c2ccc(F)c(F)c2)[nH]c(C)c1C(C)=O.Cl. The number of carbonyl (C=O) groups excluding carboxylic acids is 2. The van der Waals surface area contributed by atoms with Gasteiger partial charge in [0.15, 0.2) is 17.4 Å². The molecule has 5 nitrogen and oxygen atoms in total. The molecule has 158 valence electrons. The van der Waals surface area contributed by atoms with Crippen LogP contribution in [-0.2, 0) is 6.42 Å². The van der Waals surface area contributed by atoms with Gasteiger partial charge in [-0.1, -0.05) is 13.0 Å². The van der Waals surface area contributed by atoms with Gasteiger partial charge in [0.05, 0.1) is 0 Å². The maximum Gasteiger partial charge on any atom is 0.268 e. The van der Waals surface area contributed by atoms with Crippen LogP contribution in [0.3, 0.4) is 0 Å². The number of amides is 1. The van der Waals surface area contributed by atoms with Crippen molar-refractivity contribution < 1.29 is 18.4 Å². The van der Waals surface area contributed by atoms with E-state index in [0.717, 1.165) is 12.6 Å². The molecule has 3 N–H and O–H groups in total. The maximum atomic E-state index is 13.7. The molecule has 2 heterocycles. The Morgan fingerprint density at radius 3 is 2.59 bits per heavy atom. The molecule has 8 heteroatoms. The Hall–Kier alpha value is -2.25. The molecule has 1 amide bonds. The molecule has 2 atom stereocenters.